The normalized spacial score (nSPS) is 10.4. The highest BCUT2D eigenvalue weighted by Crippen LogP contribution is 2.23. The van der Waals surface area contributed by atoms with Crippen LogP contribution in [-0.2, 0) is 5.75 Å². The van der Waals surface area contributed by atoms with E-state index in [1.807, 2.05) is 6.26 Å². The van der Waals surface area contributed by atoms with E-state index in [2.05, 4.69) is 21.2 Å². The number of hydrogen-bond acceptors (Lipinski definition) is 4. The summed E-state index contributed by atoms with van der Waals surface area (Å²) in [5.74, 6) is -0.0798. The van der Waals surface area contributed by atoms with Crippen molar-refractivity contribution in [3.05, 3.63) is 51.9 Å². The van der Waals surface area contributed by atoms with Gasteiger partial charge in [-0.3, -0.25) is 4.79 Å². The maximum atomic E-state index is 12.1. The van der Waals surface area contributed by atoms with Gasteiger partial charge in [-0.2, -0.15) is 11.8 Å². The number of halogens is 1. The monoisotopic (exact) mass is 369 g/mol. The number of anilines is 1. The number of aromatic carboxylic acids is 1. The van der Waals surface area contributed by atoms with E-state index in [0.29, 0.717) is 16.0 Å². The molecule has 1 aromatic heterocycles. The molecule has 110 valence electrons. The maximum absolute atomic E-state index is 12.1. The average Bonchev–Trinajstić information content (AvgIpc) is 2.87. The molecule has 0 saturated heterocycles. The van der Waals surface area contributed by atoms with Crippen molar-refractivity contribution >= 4 is 45.3 Å². The first kappa shape index (κ1) is 15.7. The SMILES string of the molecule is CSCc1ccc(C(=O)Nc2cc(Br)ccc2C(=O)O)o1. The summed E-state index contributed by atoms with van der Waals surface area (Å²) in [6.45, 7) is 0. The summed E-state index contributed by atoms with van der Waals surface area (Å²) in [6.07, 6.45) is 1.93. The number of rotatable bonds is 5. The molecular weight excluding hydrogens is 358 g/mol. The highest BCUT2D eigenvalue weighted by molar-refractivity contribution is 9.10. The van der Waals surface area contributed by atoms with Gasteiger partial charge in [-0.25, -0.2) is 4.79 Å². The lowest BCUT2D eigenvalue weighted by Gasteiger charge is -2.07. The molecule has 2 N–H and O–H groups in total. The van der Waals surface area contributed by atoms with Crippen molar-refractivity contribution in [3.63, 3.8) is 0 Å². The summed E-state index contributed by atoms with van der Waals surface area (Å²) in [4.78, 5) is 23.2. The number of nitrogens with one attached hydrogen (secondary N) is 1. The number of hydrogen-bond donors (Lipinski definition) is 2. The van der Waals surface area contributed by atoms with Gasteiger partial charge in [0.2, 0.25) is 0 Å². The number of amides is 1. The van der Waals surface area contributed by atoms with Crippen molar-refractivity contribution in [1.29, 1.82) is 0 Å². The molecule has 0 bridgehead atoms. The van der Waals surface area contributed by atoms with Crippen LogP contribution in [0, 0.1) is 0 Å². The molecule has 1 amide bonds. The molecule has 21 heavy (non-hydrogen) atoms. The predicted molar refractivity (Wildman–Crippen MR) is 85.0 cm³/mol. The Morgan fingerprint density at radius 2 is 2.10 bits per heavy atom. The summed E-state index contributed by atoms with van der Waals surface area (Å²) in [5, 5.41) is 11.7. The first-order chi connectivity index (χ1) is 10.0. The molecule has 0 spiro atoms. The Kier molecular flexibility index (Phi) is 5.08. The average molecular weight is 370 g/mol. The number of carbonyl (C=O) groups is 2. The Labute approximate surface area is 133 Å². The van der Waals surface area contributed by atoms with Crippen molar-refractivity contribution in [2.75, 3.05) is 11.6 Å². The maximum Gasteiger partial charge on any atom is 0.337 e. The van der Waals surface area contributed by atoms with Crippen molar-refractivity contribution in [1.82, 2.24) is 0 Å². The van der Waals surface area contributed by atoms with Crippen molar-refractivity contribution in [2.45, 2.75) is 5.75 Å². The van der Waals surface area contributed by atoms with Gasteiger partial charge in [0.25, 0.3) is 5.91 Å². The van der Waals surface area contributed by atoms with Crippen LogP contribution in [0.4, 0.5) is 5.69 Å². The lowest BCUT2D eigenvalue weighted by Crippen LogP contribution is -2.14. The molecule has 0 radical (unpaired) electrons. The Morgan fingerprint density at radius 1 is 1.33 bits per heavy atom. The molecule has 0 unspecified atom stereocenters. The molecule has 0 aliphatic heterocycles. The molecule has 2 aromatic rings. The zero-order chi connectivity index (χ0) is 15.4. The fourth-order valence-electron chi connectivity index (χ4n) is 1.71. The van der Waals surface area contributed by atoms with Crippen LogP contribution in [0.5, 0.6) is 0 Å². The van der Waals surface area contributed by atoms with Crippen LogP contribution >= 0.6 is 27.7 Å². The number of furan rings is 1. The van der Waals surface area contributed by atoms with Gasteiger partial charge in [-0.05, 0) is 36.6 Å². The third kappa shape index (κ3) is 3.89. The first-order valence-corrected chi connectivity index (χ1v) is 8.12. The van der Waals surface area contributed by atoms with E-state index in [0.717, 1.165) is 0 Å². The van der Waals surface area contributed by atoms with Crippen LogP contribution in [0.15, 0.2) is 39.2 Å². The number of carboxylic acids is 1. The van der Waals surface area contributed by atoms with Gasteiger partial charge in [0.15, 0.2) is 5.76 Å². The minimum atomic E-state index is -1.11. The molecule has 5 nitrogen and oxygen atoms in total. The van der Waals surface area contributed by atoms with Gasteiger partial charge in [-0.1, -0.05) is 15.9 Å². The highest BCUT2D eigenvalue weighted by atomic mass is 79.9. The zero-order valence-corrected chi connectivity index (χ0v) is 13.5. The van der Waals surface area contributed by atoms with E-state index < -0.39 is 11.9 Å². The van der Waals surface area contributed by atoms with Crippen LogP contribution in [0.2, 0.25) is 0 Å². The Morgan fingerprint density at radius 3 is 2.76 bits per heavy atom. The largest absolute Gasteiger partial charge is 0.478 e. The second-order valence-corrected chi connectivity index (χ2v) is 5.93. The number of carboxylic acid groups (broad SMARTS) is 1. The fourth-order valence-corrected chi connectivity index (χ4v) is 2.51. The van der Waals surface area contributed by atoms with E-state index in [9.17, 15) is 9.59 Å². The summed E-state index contributed by atoms with van der Waals surface area (Å²) < 4.78 is 6.07. The van der Waals surface area contributed by atoms with Crippen LogP contribution in [-0.4, -0.2) is 23.2 Å². The summed E-state index contributed by atoms with van der Waals surface area (Å²) in [6, 6.07) is 7.85. The van der Waals surface area contributed by atoms with E-state index in [1.54, 1.807) is 30.0 Å². The minimum Gasteiger partial charge on any atom is -0.478 e. The number of carbonyl (C=O) groups excluding carboxylic acids is 1. The van der Waals surface area contributed by atoms with Crippen LogP contribution < -0.4 is 5.32 Å². The lowest BCUT2D eigenvalue weighted by atomic mass is 10.2. The van der Waals surface area contributed by atoms with E-state index in [-0.39, 0.29) is 17.0 Å². The van der Waals surface area contributed by atoms with Crippen LogP contribution in [0.1, 0.15) is 26.7 Å². The predicted octanol–water partition coefficient (Wildman–Crippen LogP) is 3.86. The quantitative estimate of drug-likeness (QED) is 0.836. The van der Waals surface area contributed by atoms with Gasteiger partial charge in [0.05, 0.1) is 17.0 Å². The molecular formula is C14H12BrNO4S. The second-order valence-electron chi connectivity index (χ2n) is 4.15. The van der Waals surface area contributed by atoms with Crippen LogP contribution in [0.25, 0.3) is 0 Å². The van der Waals surface area contributed by atoms with E-state index in [1.165, 1.54) is 12.1 Å². The van der Waals surface area contributed by atoms with Crippen LogP contribution in [0.3, 0.4) is 0 Å². The molecule has 1 aromatic carbocycles. The van der Waals surface area contributed by atoms with Crippen molar-refractivity contribution < 1.29 is 19.1 Å². The first-order valence-electron chi connectivity index (χ1n) is 5.93. The van der Waals surface area contributed by atoms with Gasteiger partial charge < -0.3 is 14.8 Å². The topological polar surface area (TPSA) is 79.5 Å². The highest BCUT2D eigenvalue weighted by Gasteiger charge is 2.16. The third-order valence-corrected chi connectivity index (χ3v) is 3.70. The molecule has 7 heteroatoms. The van der Waals surface area contributed by atoms with Gasteiger partial charge in [-0.15, -0.1) is 0 Å². The molecule has 0 fully saturated rings. The smallest absolute Gasteiger partial charge is 0.337 e. The Bertz CT molecular complexity index is 683. The summed E-state index contributed by atoms with van der Waals surface area (Å²) in [7, 11) is 0. The van der Waals surface area contributed by atoms with E-state index >= 15 is 0 Å². The van der Waals surface area contributed by atoms with Gasteiger partial charge >= 0.3 is 5.97 Å². The third-order valence-electron chi connectivity index (χ3n) is 2.63. The molecule has 1 heterocycles. The molecule has 0 atom stereocenters. The van der Waals surface area contributed by atoms with Crippen molar-refractivity contribution in [2.24, 2.45) is 0 Å². The molecule has 0 aliphatic carbocycles. The lowest BCUT2D eigenvalue weighted by molar-refractivity contribution is 0.0698. The molecule has 2 rings (SSSR count). The number of benzene rings is 1. The minimum absolute atomic E-state index is 0.0162. The number of thioether (sulfide) groups is 1. The van der Waals surface area contributed by atoms with Crippen molar-refractivity contribution in [3.8, 4) is 0 Å². The van der Waals surface area contributed by atoms with Gasteiger partial charge in [0, 0.05) is 4.47 Å². The summed E-state index contributed by atoms with van der Waals surface area (Å²) in [5.41, 5.74) is 0.229. The molecule has 0 aliphatic rings. The second kappa shape index (κ2) is 6.82. The Hall–Kier alpha value is -1.73. The fraction of sp³-hybridized carbons (Fsp3) is 0.143. The summed E-state index contributed by atoms with van der Waals surface area (Å²) >= 11 is 4.83. The molecule has 0 saturated carbocycles. The van der Waals surface area contributed by atoms with Gasteiger partial charge in [0.1, 0.15) is 5.76 Å². The zero-order valence-electron chi connectivity index (χ0n) is 11.1. The Balaban J connectivity index is 2.22. The van der Waals surface area contributed by atoms with E-state index in [4.69, 9.17) is 9.52 Å². The standard InChI is InChI=1S/C14H12BrNO4S/c1-21-7-9-3-5-12(20-9)13(17)16-11-6-8(15)2-4-10(11)14(18)19/h2-6H,7H2,1H3,(H,16,17)(H,18,19).